The van der Waals surface area contributed by atoms with Crippen molar-refractivity contribution in [1.82, 2.24) is 29.1 Å². The molecule has 24 heteroatoms. The number of para-hydroxylation sites is 4. The minimum atomic E-state index is -0.560. The quantitative estimate of drug-likeness (QED) is 0.0204. The molecule has 0 saturated heterocycles. The van der Waals surface area contributed by atoms with Crippen LogP contribution in [-0.4, -0.2) is 90.0 Å². The first-order chi connectivity index (χ1) is 46.5. The number of rotatable bonds is 18. The molecular weight excluding hydrogens is 1450 g/mol. The third kappa shape index (κ3) is 26.2. The molecule has 0 bridgehead atoms. The Morgan fingerprint density at radius 1 is 0.592 bits per heavy atom. The minimum absolute atomic E-state index is 0. The van der Waals surface area contributed by atoms with Crippen LogP contribution in [0.3, 0.4) is 0 Å². The van der Waals surface area contributed by atoms with E-state index >= 15 is 0 Å². The summed E-state index contributed by atoms with van der Waals surface area (Å²) in [5.41, 5.74) is 14.1. The van der Waals surface area contributed by atoms with Crippen molar-refractivity contribution >= 4 is 92.6 Å². The summed E-state index contributed by atoms with van der Waals surface area (Å²) in [6.07, 6.45) is 9.73. The third-order valence-corrected chi connectivity index (χ3v) is 14.3. The van der Waals surface area contributed by atoms with E-state index in [4.69, 9.17) is 40.2 Å². The van der Waals surface area contributed by atoms with Crippen molar-refractivity contribution in [2.24, 2.45) is 11.7 Å². The number of nitrogens with one attached hydrogen (secondary N) is 2. The van der Waals surface area contributed by atoms with Crippen LogP contribution in [0.5, 0.6) is 23.0 Å². The van der Waals surface area contributed by atoms with Crippen LogP contribution >= 0.6 is 47.3 Å². The molecule has 9 rings (SSSR count). The van der Waals surface area contributed by atoms with E-state index in [-0.39, 0.29) is 66.8 Å². The molecule has 512 valence electrons. The van der Waals surface area contributed by atoms with Crippen molar-refractivity contribution in [3.63, 3.8) is 0 Å². The average molecular weight is 1540 g/mol. The summed E-state index contributed by atoms with van der Waals surface area (Å²) in [7, 11) is 5.53. The number of H-pyrrole nitrogens is 1. The summed E-state index contributed by atoms with van der Waals surface area (Å²) in [4.78, 5) is 76.3. The van der Waals surface area contributed by atoms with Gasteiger partial charge in [0.15, 0.2) is 11.6 Å². The number of benzene rings is 6. The second kappa shape index (κ2) is 46.1. The normalized spacial score (nSPS) is 10.4. The molecular formula is C74H85BBr3N8NaO11. The van der Waals surface area contributed by atoms with Gasteiger partial charge >= 0.3 is 38.7 Å². The summed E-state index contributed by atoms with van der Waals surface area (Å²) in [6, 6.07) is 48.8. The maximum Gasteiger partial charge on any atom is 1.00 e. The number of aromatic nitrogens is 6. The number of methoxy groups -OCH3 is 3. The molecule has 9 aromatic rings. The number of aromatic hydroxyl groups is 1. The number of amidine groups is 1. The number of ether oxygens (including phenoxy) is 4. The molecule has 3 aromatic heterocycles. The predicted molar refractivity (Wildman–Crippen MR) is 402 cm³/mol. The molecule has 5 N–H and O–H groups in total. The largest absolute Gasteiger partial charge is 1.00 e. The number of nitrogens with two attached hydrogens (primary N) is 1. The Morgan fingerprint density at radius 3 is 1.36 bits per heavy atom. The van der Waals surface area contributed by atoms with Crippen LogP contribution in [0, 0.1) is 32.1 Å². The molecule has 0 aliphatic heterocycles. The number of hydrogen-bond donors (Lipinski definition) is 4. The van der Waals surface area contributed by atoms with Gasteiger partial charge in [-0.1, -0.05) is 137 Å². The predicted octanol–water partition coefficient (Wildman–Crippen LogP) is 11.1. The number of halogens is 3. The molecule has 0 fully saturated rings. The van der Waals surface area contributed by atoms with E-state index in [1.54, 1.807) is 82.5 Å². The van der Waals surface area contributed by atoms with Crippen LogP contribution in [0.15, 0.2) is 172 Å². The zero-order chi connectivity index (χ0) is 72.1. The van der Waals surface area contributed by atoms with E-state index in [2.05, 4.69) is 62.2 Å². The fraction of sp³-hybridized carbons (Fsp3) is 0.257. The van der Waals surface area contributed by atoms with Gasteiger partial charge in [0.2, 0.25) is 0 Å². The minimum Gasteiger partial charge on any atom is -0.857 e. The molecule has 98 heavy (non-hydrogen) atoms. The topological polar surface area (TPSA) is 280 Å². The third-order valence-electron chi connectivity index (χ3n) is 14.3. The number of phenolic OH excluding ortho intramolecular Hbond substituents is 1. The number of ketones is 1. The Bertz CT molecular complexity index is 4230. The Kier molecular flexibility index (Phi) is 40.3. The molecule has 0 radical (unpaired) electrons. The van der Waals surface area contributed by atoms with Gasteiger partial charge in [0.25, 0.3) is 16.7 Å². The van der Waals surface area contributed by atoms with Crippen LogP contribution in [-0.2, 0) is 33.6 Å². The fourth-order valence-corrected chi connectivity index (χ4v) is 9.49. The fourth-order valence-electron chi connectivity index (χ4n) is 9.49. The Hall–Kier alpha value is -8.29. The van der Waals surface area contributed by atoms with E-state index in [1.165, 1.54) is 11.5 Å². The second-order valence-electron chi connectivity index (χ2n) is 20.4. The molecule has 6 aromatic carbocycles. The van der Waals surface area contributed by atoms with Gasteiger partial charge in [-0.3, -0.25) is 38.5 Å². The number of carbonyl (C=O) groups excluding carboxylic acids is 2. The molecule has 19 nitrogen and oxygen atoms in total. The first-order valence-corrected chi connectivity index (χ1v) is 33.6. The van der Waals surface area contributed by atoms with Crippen molar-refractivity contribution in [2.75, 3.05) is 35.0 Å². The van der Waals surface area contributed by atoms with Crippen LogP contribution in [0.25, 0.3) is 58.7 Å². The Morgan fingerprint density at radius 2 is 0.969 bits per heavy atom. The van der Waals surface area contributed by atoms with E-state index < -0.39 is 11.9 Å². The number of Topliss-reactive ketones (excluding diaryl/α,β-unsaturated/α-hetero) is 1. The van der Waals surface area contributed by atoms with Crippen molar-refractivity contribution in [2.45, 2.75) is 88.0 Å². The molecule has 1 unspecified atom stereocenters. The number of aryl methyl sites for hydroxylation is 3. The van der Waals surface area contributed by atoms with Crippen LogP contribution in [0.1, 0.15) is 98.4 Å². The van der Waals surface area contributed by atoms with Gasteiger partial charge in [-0.05, 0) is 132 Å². The number of esters is 1. The molecule has 0 aliphatic carbocycles. The molecule has 0 amide bonds. The monoisotopic (exact) mass is 1530 g/mol. The van der Waals surface area contributed by atoms with Crippen molar-refractivity contribution in [3.8, 4) is 57.2 Å². The zero-order valence-electron chi connectivity index (χ0n) is 58.0. The van der Waals surface area contributed by atoms with E-state index in [9.17, 15) is 29.1 Å². The SMILES string of the molecule is BrB(Br)Br.CCOC(=O)C(CC)C(C)=O.CCc1c(C)nc(-c2ccccc2O)n(/C=C/c2ccccc2)c1=O.CCc1c(C)nc(-c2ccccc2OC)[nH]c1=O.CCc1c(C)nc(-c2ccccc2OC)n(/C=C/c2ccccc2)c1=O.COc1ccccc1C(=N)N.C[O-].[Na+]. The number of hydrogen-bond acceptors (Lipinski definition) is 15. The molecule has 0 saturated carbocycles. The standard InChI is InChI=1S/C22H22N2O2.C21H20N2O2.C14H16N2O2.C8H10N2O.C8H14O3.CH3O.BBr3.Na/c1-4-18-16(2)23-21(19-12-8-9-13-20(19)26-3)24(22(18)25)15-14-17-10-6-5-7-11-17;1-3-17-15(2)22-20(18-11-7-8-12-19(18)24)23(21(17)25)14-13-16-9-5-4-6-10-16;1-4-10-9(2)15-13(16-14(10)17)11-7-5-6-8-12(11)18-3;1-11-7-5-3-2-4-6(7)8(9)10;1-4-7(6(3)9)8(10)11-5-2;1-2;2-1(3)4;/h5-15H,4H2,1-3H3;4-14,24H,3H2,1-2H3;5-8H,4H2,1-3H3,(H,15,16,17);2-5H,1H3,(H3,9,10);7H,4-5H2,1-3H3;1H3;;/q;;;;;-1;;+1/b15-14+;14-13+;;;;;;. The molecule has 0 aliphatic rings. The van der Waals surface area contributed by atoms with Gasteiger partial charge in [-0.25, -0.2) is 15.0 Å². The zero-order valence-corrected chi connectivity index (χ0v) is 64.7. The van der Waals surface area contributed by atoms with Crippen LogP contribution in [0.2, 0.25) is 0 Å². The van der Waals surface area contributed by atoms with Gasteiger partial charge in [0, 0.05) is 46.2 Å². The summed E-state index contributed by atoms with van der Waals surface area (Å²) < 4.78 is 23.8. The van der Waals surface area contributed by atoms with E-state index in [0.29, 0.717) is 89.4 Å². The number of phenols is 1. The summed E-state index contributed by atoms with van der Waals surface area (Å²) in [5, 5.41) is 25.6. The summed E-state index contributed by atoms with van der Waals surface area (Å²) in [5.74, 6) is 2.63. The number of nitrogens with zero attached hydrogens (tertiary/aromatic N) is 5. The van der Waals surface area contributed by atoms with E-state index in [0.717, 1.165) is 51.9 Å². The smallest absolute Gasteiger partial charge is 0.857 e. The van der Waals surface area contributed by atoms with Crippen LogP contribution < -0.4 is 71.3 Å². The first-order valence-electron chi connectivity index (χ1n) is 30.9. The Labute approximate surface area is 621 Å². The van der Waals surface area contributed by atoms with Crippen molar-refractivity contribution in [3.05, 3.63) is 239 Å². The molecule has 3 heterocycles. The van der Waals surface area contributed by atoms with Gasteiger partial charge in [0.05, 0.1) is 50.2 Å². The molecule has 0 spiro atoms. The summed E-state index contributed by atoms with van der Waals surface area (Å²) >= 11 is 9.31. The van der Waals surface area contributed by atoms with Gasteiger partial charge < -0.3 is 39.9 Å². The first kappa shape index (κ1) is 85.8. The van der Waals surface area contributed by atoms with Gasteiger partial charge in [0.1, 0.15) is 46.4 Å². The maximum absolute atomic E-state index is 13.1. The van der Waals surface area contributed by atoms with Crippen molar-refractivity contribution < 1.29 is 68.3 Å². The number of nitrogen functional groups attached to an aromatic ring is 1. The Balaban J connectivity index is 0.000000422. The maximum atomic E-state index is 13.1. The molecule has 1 atom stereocenters. The van der Waals surface area contributed by atoms with E-state index in [1.807, 2.05) is 181 Å². The average Bonchev–Trinajstić information content (AvgIpc) is 0.795. The summed E-state index contributed by atoms with van der Waals surface area (Å²) in [6.45, 7) is 16.7. The van der Waals surface area contributed by atoms with Gasteiger partial charge in [-0.2, -0.15) is 7.11 Å². The number of aromatic amines is 1. The van der Waals surface area contributed by atoms with Crippen LogP contribution in [0.4, 0.5) is 0 Å². The number of carbonyl (C=O) groups is 2. The van der Waals surface area contributed by atoms with Gasteiger partial charge in [-0.15, -0.1) is 47.3 Å². The van der Waals surface area contributed by atoms with Crippen molar-refractivity contribution in [1.29, 1.82) is 5.41 Å². The second-order valence-corrected chi connectivity index (χ2v) is 26.9.